The molecular formula is C10H22N2O2. The van der Waals surface area contributed by atoms with Crippen LogP contribution in [0.15, 0.2) is 0 Å². The molecule has 2 atom stereocenters. The van der Waals surface area contributed by atoms with Gasteiger partial charge in [-0.25, -0.2) is 0 Å². The van der Waals surface area contributed by atoms with Gasteiger partial charge in [0.2, 0.25) is 5.91 Å². The summed E-state index contributed by atoms with van der Waals surface area (Å²) < 4.78 is 0. The van der Waals surface area contributed by atoms with Crippen LogP contribution in [0.2, 0.25) is 0 Å². The zero-order chi connectivity index (χ0) is 11.1. The van der Waals surface area contributed by atoms with E-state index in [1.54, 1.807) is 0 Å². The summed E-state index contributed by atoms with van der Waals surface area (Å²) in [4.78, 5) is 13.2. The molecular weight excluding hydrogens is 180 g/mol. The Balaban J connectivity index is 3.66. The lowest BCUT2D eigenvalue weighted by Gasteiger charge is -2.17. The van der Waals surface area contributed by atoms with E-state index >= 15 is 0 Å². The summed E-state index contributed by atoms with van der Waals surface area (Å²) >= 11 is 0. The molecule has 4 heteroatoms. The van der Waals surface area contributed by atoms with E-state index in [9.17, 15) is 9.90 Å². The minimum Gasteiger partial charge on any atom is -0.390 e. The highest BCUT2D eigenvalue weighted by molar-refractivity contribution is 5.78. The topological polar surface area (TPSA) is 52.6 Å². The van der Waals surface area contributed by atoms with Crippen LogP contribution >= 0.6 is 0 Å². The highest BCUT2D eigenvalue weighted by Crippen LogP contribution is 1.99. The van der Waals surface area contributed by atoms with Crippen LogP contribution in [0.3, 0.4) is 0 Å². The van der Waals surface area contributed by atoms with Crippen molar-refractivity contribution in [3.8, 4) is 0 Å². The Morgan fingerprint density at radius 3 is 2.50 bits per heavy atom. The van der Waals surface area contributed by atoms with Crippen LogP contribution in [0.5, 0.6) is 0 Å². The molecule has 2 unspecified atom stereocenters. The first-order chi connectivity index (χ1) is 6.47. The molecule has 1 amide bonds. The van der Waals surface area contributed by atoms with Gasteiger partial charge in [0.15, 0.2) is 0 Å². The second-order valence-corrected chi connectivity index (χ2v) is 3.97. The van der Waals surface area contributed by atoms with Crippen molar-refractivity contribution in [1.82, 2.24) is 10.2 Å². The lowest BCUT2D eigenvalue weighted by molar-refractivity contribution is -0.125. The fourth-order valence-corrected chi connectivity index (χ4v) is 1.06. The quantitative estimate of drug-likeness (QED) is 0.641. The minimum atomic E-state index is -0.488. The summed E-state index contributed by atoms with van der Waals surface area (Å²) in [6.07, 6.45) is 0.341. The zero-order valence-corrected chi connectivity index (χ0v) is 9.58. The smallest absolute Gasteiger partial charge is 0.222 e. The summed E-state index contributed by atoms with van der Waals surface area (Å²) in [5.41, 5.74) is 0. The zero-order valence-electron chi connectivity index (χ0n) is 9.58. The van der Waals surface area contributed by atoms with E-state index in [4.69, 9.17) is 0 Å². The molecule has 0 saturated heterocycles. The van der Waals surface area contributed by atoms with E-state index in [0.29, 0.717) is 13.1 Å². The molecule has 84 valence electrons. The second kappa shape index (κ2) is 6.79. The Hall–Kier alpha value is -0.610. The van der Waals surface area contributed by atoms with Crippen LogP contribution in [-0.2, 0) is 4.79 Å². The molecule has 0 spiro atoms. The Kier molecular flexibility index (Phi) is 6.49. The van der Waals surface area contributed by atoms with E-state index < -0.39 is 6.10 Å². The van der Waals surface area contributed by atoms with Crippen LogP contribution in [0.1, 0.15) is 20.3 Å². The van der Waals surface area contributed by atoms with Crippen LogP contribution in [0.4, 0.5) is 0 Å². The van der Waals surface area contributed by atoms with Crippen molar-refractivity contribution in [2.75, 3.05) is 27.2 Å². The van der Waals surface area contributed by atoms with Gasteiger partial charge in [-0.15, -0.1) is 0 Å². The van der Waals surface area contributed by atoms with Gasteiger partial charge in [-0.1, -0.05) is 13.8 Å². The molecule has 0 aromatic rings. The molecule has 0 fully saturated rings. The Bertz CT molecular complexity index is 172. The number of hydrogen-bond donors (Lipinski definition) is 2. The van der Waals surface area contributed by atoms with Crippen molar-refractivity contribution < 1.29 is 9.90 Å². The van der Waals surface area contributed by atoms with Crippen molar-refractivity contribution in [3.05, 3.63) is 0 Å². The second-order valence-electron chi connectivity index (χ2n) is 3.97. The molecule has 0 aliphatic rings. The normalized spacial score (nSPS) is 15.3. The van der Waals surface area contributed by atoms with Gasteiger partial charge < -0.3 is 15.3 Å². The number of nitrogens with one attached hydrogen (secondary N) is 1. The van der Waals surface area contributed by atoms with Gasteiger partial charge in [-0.3, -0.25) is 4.79 Å². The summed E-state index contributed by atoms with van der Waals surface area (Å²) in [6, 6.07) is 0. The number of aliphatic hydroxyl groups is 1. The summed E-state index contributed by atoms with van der Waals surface area (Å²) in [7, 11) is 3.78. The van der Waals surface area contributed by atoms with Gasteiger partial charge in [0, 0.05) is 19.0 Å². The SMILES string of the molecule is CCC(C)C(=O)NCC(O)CN(C)C. The molecule has 4 nitrogen and oxygen atoms in total. The largest absolute Gasteiger partial charge is 0.390 e. The van der Waals surface area contributed by atoms with Gasteiger partial charge in [0.05, 0.1) is 6.10 Å². The number of rotatable bonds is 6. The molecule has 0 aromatic carbocycles. The number of hydrogen-bond acceptors (Lipinski definition) is 3. The first-order valence-corrected chi connectivity index (χ1v) is 5.07. The fraction of sp³-hybridized carbons (Fsp3) is 0.900. The predicted molar refractivity (Wildman–Crippen MR) is 57.0 cm³/mol. The fourth-order valence-electron chi connectivity index (χ4n) is 1.06. The number of aliphatic hydroxyl groups excluding tert-OH is 1. The van der Waals surface area contributed by atoms with Crippen molar-refractivity contribution in [2.24, 2.45) is 5.92 Å². The molecule has 0 saturated carbocycles. The van der Waals surface area contributed by atoms with Crippen molar-refractivity contribution in [1.29, 1.82) is 0 Å². The Labute approximate surface area is 86.3 Å². The third kappa shape index (κ3) is 5.94. The summed E-state index contributed by atoms with van der Waals surface area (Å²) in [6.45, 7) is 4.76. The van der Waals surface area contributed by atoms with Crippen LogP contribution in [-0.4, -0.2) is 49.2 Å². The molecule has 0 bridgehead atoms. The molecule has 2 N–H and O–H groups in total. The van der Waals surface area contributed by atoms with Crippen LogP contribution < -0.4 is 5.32 Å². The van der Waals surface area contributed by atoms with Gasteiger partial charge >= 0.3 is 0 Å². The summed E-state index contributed by atoms with van der Waals surface area (Å²) in [5, 5.41) is 12.2. The lowest BCUT2D eigenvalue weighted by atomic mass is 10.1. The summed E-state index contributed by atoms with van der Waals surface area (Å²) in [5.74, 6) is 0.0480. The maximum atomic E-state index is 11.3. The number of nitrogens with zero attached hydrogens (tertiary/aromatic N) is 1. The van der Waals surface area contributed by atoms with Crippen molar-refractivity contribution >= 4 is 5.91 Å². The number of carbonyl (C=O) groups excluding carboxylic acids is 1. The molecule has 0 aliphatic heterocycles. The number of carbonyl (C=O) groups is 1. The standard InChI is InChI=1S/C10H22N2O2/c1-5-8(2)10(14)11-6-9(13)7-12(3)4/h8-9,13H,5-7H2,1-4H3,(H,11,14). The van der Waals surface area contributed by atoms with Gasteiger partial charge in [-0.05, 0) is 20.5 Å². The first-order valence-electron chi connectivity index (χ1n) is 5.07. The molecule has 0 radical (unpaired) electrons. The molecule has 0 aromatic heterocycles. The maximum Gasteiger partial charge on any atom is 0.222 e. The van der Waals surface area contributed by atoms with Crippen LogP contribution in [0.25, 0.3) is 0 Å². The third-order valence-electron chi connectivity index (χ3n) is 2.15. The molecule has 0 aliphatic carbocycles. The number of amides is 1. The van der Waals surface area contributed by atoms with E-state index in [-0.39, 0.29) is 11.8 Å². The average Bonchev–Trinajstić information content (AvgIpc) is 2.11. The van der Waals surface area contributed by atoms with Crippen LogP contribution in [0, 0.1) is 5.92 Å². The highest BCUT2D eigenvalue weighted by Gasteiger charge is 2.12. The van der Waals surface area contributed by atoms with E-state index in [2.05, 4.69) is 5.32 Å². The Morgan fingerprint density at radius 1 is 1.50 bits per heavy atom. The average molecular weight is 202 g/mol. The van der Waals surface area contributed by atoms with E-state index in [1.807, 2.05) is 32.8 Å². The molecule has 0 heterocycles. The molecule has 0 rings (SSSR count). The van der Waals surface area contributed by atoms with E-state index in [0.717, 1.165) is 6.42 Å². The number of likely N-dealkylation sites (N-methyl/N-ethyl adjacent to an activating group) is 1. The van der Waals surface area contributed by atoms with E-state index in [1.165, 1.54) is 0 Å². The van der Waals surface area contributed by atoms with Crippen molar-refractivity contribution in [3.63, 3.8) is 0 Å². The van der Waals surface area contributed by atoms with Crippen molar-refractivity contribution in [2.45, 2.75) is 26.4 Å². The molecule has 14 heavy (non-hydrogen) atoms. The first kappa shape index (κ1) is 13.4. The third-order valence-corrected chi connectivity index (χ3v) is 2.15. The lowest BCUT2D eigenvalue weighted by Crippen LogP contribution is -2.39. The minimum absolute atomic E-state index is 0.0188. The highest BCUT2D eigenvalue weighted by atomic mass is 16.3. The van der Waals surface area contributed by atoms with Gasteiger partial charge in [-0.2, -0.15) is 0 Å². The maximum absolute atomic E-state index is 11.3. The van der Waals surface area contributed by atoms with Gasteiger partial charge in [0.25, 0.3) is 0 Å². The van der Waals surface area contributed by atoms with Gasteiger partial charge in [0.1, 0.15) is 0 Å². The predicted octanol–water partition coefficient (Wildman–Crippen LogP) is 0.0712. The monoisotopic (exact) mass is 202 g/mol. The Morgan fingerprint density at radius 2 is 2.07 bits per heavy atom.